The summed E-state index contributed by atoms with van der Waals surface area (Å²) in [5.41, 5.74) is 0. The van der Waals surface area contributed by atoms with Gasteiger partial charge in [-0.1, -0.05) is 27.7 Å². The number of hydrogen-bond donors (Lipinski definition) is 0. The van der Waals surface area contributed by atoms with Gasteiger partial charge in [-0.25, -0.2) is 0 Å². The minimum absolute atomic E-state index is 0.254. The van der Waals surface area contributed by atoms with Gasteiger partial charge in [0.1, 0.15) is 11.5 Å². The van der Waals surface area contributed by atoms with E-state index in [0.29, 0.717) is 37.2 Å². The van der Waals surface area contributed by atoms with Crippen molar-refractivity contribution >= 4 is 11.9 Å². The summed E-state index contributed by atoms with van der Waals surface area (Å²) in [5, 5.41) is 0. The molecule has 0 N–H and O–H groups in total. The third-order valence-corrected chi connectivity index (χ3v) is 2.65. The van der Waals surface area contributed by atoms with Gasteiger partial charge >= 0.3 is 11.9 Å². The Morgan fingerprint density at radius 2 is 0.900 bits per heavy atom. The summed E-state index contributed by atoms with van der Waals surface area (Å²) >= 11 is 0. The smallest absolute Gasteiger partial charge is 0.310 e. The van der Waals surface area contributed by atoms with Gasteiger partial charge < -0.3 is 9.47 Å². The largest absolute Gasteiger partial charge is 0.427 e. The maximum atomic E-state index is 11.7. The van der Waals surface area contributed by atoms with E-state index in [4.69, 9.17) is 9.47 Å². The van der Waals surface area contributed by atoms with E-state index in [1.165, 1.54) is 0 Å². The second kappa shape index (κ2) is 11.5. The Labute approximate surface area is 122 Å². The van der Waals surface area contributed by atoms with Crippen LogP contribution in [-0.2, 0) is 19.1 Å². The fraction of sp³-hybridized carbons (Fsp3) is 0.750. The summed E-state index contributed by atoms with van der Waals surface area (Å²) in [6, 6.07) is 0. The molecule has 0 aliphatic rings. The molecule has 4 heteroatoms. The molecule has 116 valence electrons. The van der Waals surface area contributed by atoms with Crippen molar-refractivity contribution in [2.24, 2.45) is 0 Å². The van der Waals surface area contributed by atoms with Crippen LogP contribution in [0.3, 0.4) is 0 Å². The molecule has 0 atom stereocenters. The molecule has 0 aliphatic heterocycles. The van der Waals surface area contributed by atoms with Crippen molar-refractivity contribution in [2.45, 2.75) is 79.1 Å². The highest BCUT2D eigenvalue weighted by Gasteiger charge is 2.16. The molecule has 4 nitrogen and oxygen atoms in total. The molecule has 0 saturated heterocycles. The van der Waals surface area contributed by atoms with Gasteiger partial charge in [-0.3, -0.25) is 9.59 Å². The highest BCUT2D eigenvalue weighted by atomic mass is 16.6. The molecule has 0 aliphatic carbocycles. The molecule has 0 unspecified atom stereocenters. The normalized spacial score (nSPS) is 11.8. The Morgan fingerprint density at radius 3 is 1.15 bits per heavy atom. The van der Waals surface area contributed by atoms with Crippen LogP contribution in [0.1, 0.15) is 79.1 Å². The van der Waals surface area contributed by atoms with Crippen LogP contribution in [-0.4, -0.2) is 11.9 Å². The molecule has 0 aromatic heterocycles. The molecule has 0 fully saturated rings. The van der Waals surface area contributed by atoms with Crippen molar-refractivity contribution in [1.29, 1.82) is 0 Å². The molecule has 0 amide bonds. The SMILES string of the molecule is CCCC(=O)OC(CCC)=C(CCC)OC(=O)CCC. The molecule has 0 bridgehead atoms. The molecular weight excluding hydrogens is 256 g/mol. The van der Waals surface area contributed by atoms with Crippen molar-refractivity contribution in [3.05, 3.63) is 11.5 Å². The first-order valence-corrected chi connectivity index (χ1v) is 7.72. The van der Waals surface area contributed by atoms with Gasteiger partial charge in [-0.15, -0.1) is 0 Å². The lowest BCUT2D eigenvalue weighted by molar-refractivity contribution is -0.144. The van der Waals surface area contributed by atoms with Crippen molar-refractivity contribution < 1.29 is 19.1 Å². The van der Waals surface area contributed by atoms with Crippen molar-refractivity contribution in [3.63, 3.8) is 0 Å². The van der Waals surface area contributed by atoms with Gasteiger partial charge in [0.2, 0.25) is 0 Å². The zero-order chi connectivity index (χ0) is 15.4. The standard InChI is InChI=1S/C16H28O4/c1-5-9-13(19-15(17)11-7-3)14(10-6-2)20-16(18)12-8-4/h5-12H2,1-4H3. The number of hydrogen-bond acceptors (Lipinski definition) is 4. The average molecular weight is 284 g/mol. The zero-order valence-electron chi connectivity index (χ0n) is 13.3. The lowest BCUT2D eigenvalue weighted by atomic mass is 10.2. The predicted octanol–water partition coefficient (Wildman–Crippen LogP) is 4.48. The molecule has 0 aromatic carbocycles. The summed E-state index contributed by atoms with van der Waals surface area (Å²) in [6.45, 7) is 7.87. The van der Waals surface area contributed by atoms with Gasteiger partial charge in [0.25, 0.3) is 0 Å². The molecule has 0 aromatic rings. The highest BCUT2D eigenvalue weighted by Crippen LogP contribution is 2.20. The number of rotatable bonds is 10. The van der Waals surface area contributed by atoms with E-state index in [9.17, 15) is 9.59 Å². The molecular formula is C16H28O4. The van der Waals surface area contributed by atoms with E-state index in [2.05, 4.69) is 0 Å². The average Bonchev–Trinajstić information content (AvgIpc) is 2.38. The zero-order valence-corrected chi connectivity index (χ0v) is 13.3. The van der Waals surface area contributed by atoms with Crippen LogP contribution >= 0.6 is 0 Å². The van der Waals surface area contributed by atoms with E-state index in [0.717, 1.165) is 25.7 Å². The molecule has 20 heavy (non-hydrogen) atoms. The van der Waals surface area contributed by atoms with Crippen LogP contribution in [0.2, 0.25) is 0 Å². The third kappa shape index (κ3) is 7.97. The van der Waals surface area contributed by atoms with Crippen molar-refractivity contribution in [3.8, 4) is 0 Å². The Morgan fingerprint density at radius 1 is 0.600 bits per heavy atom. The summed E-state index contributed by atoms with van der Waals surface area (Å²) in [7, 11) is 0. The van der Waals surface area contributed by atoms with Crippen LogP contribution in [0.5, 0.6) is 0 Å². The highest BCUT2D eigenvalue weighted by molar-refractivity contribution is 5.72. The molecule has 0 heterocycles. The van der Waals surface area contributed by atoms with E-state index >= 15 is 0 Å². The van der Waals surface area contributed by atoms with Gasteiger partial charge in [0, 0.05) is 25.7 Å². The van der Waals surface area contributed by atoms with Gasteiger partial charge in [0.15, 0.2) is 0 Å². The molecule has 0 spiro atoms. The molecule has 0 saturated carbocycles. The topological polar surface area (TPSA) is 52.6 Å². The Hall–Kier alpha value is -1.32. The number of carbonyl (C=O) groups excluding carboxylic acids is 2. The maximum absolute atomic E-state index is 11.7. The Balaban J connectivity index is 4.99. The minimum atomic E-state index is -0.254. The van der Waals surface area contributed by atoms with Gasteiger partial charge in [0.05, 0.1) is 0 Å². The van der Waals surface area contributed by atoms with Crippen molar-refractivity contribution in [2.75, 3.05) is 0 Å². The van der Waals surface area contributed by atoms with Crippen LogP contribution in [0.25, 0.3) is 0 Å². The second-order valence-corrected chi connectivity index (χ2v) is 4.79. The lowest BCUT2D eigenvalue weighted by Crippen LogP contribution is -2.11. The summed E-state index contributed by atoms with van der Waals surface area (Å²) in [5.74, 6) is 0.543. The van der Waals surface area contributed by atoms with Gasteiger partial charge in [-0.2, -0.15) is 0 Å². The van der Waals surface area contributed by atoms with Crippen LogP contribution in [0.15, 0.2) is 11.5 Å². The number of carbonyl (C=O) groups is 2. The number of esters is 2. The minimum Gasteiger partial charge on any atom is -0.427 e. The summed E-state index contributed by atoms with van der Waals surface area (Å²) < 4.78 is 10.8. The fourth-order valence-electron chi connectivity index (χ4n) is 1.73. The predicted molar refractivity (Wildman–Crippen MR) is 78.8 cm³/mol. The Kier molecular flexibility index (Phi) is 10.7. The monoisotopic (exact) mass is 284 g/mol. The lowest BCUT2D eigenvalue weighted by Gasteiger charge is -2.14. The Bertz CT molecular complexity index is 299. The van der Waals surface area contributed by atoms with Gasteiger partial charge in [-0.05, 0) is 25.7 Å². The fourth-order valence-corrected chi connectivity index (χ4v) is 1.73. The van der Waals surface area contributed by atoms with E-state index in [1.54, 1.807) is 0 Å². The van der Waals surface area contributed by atoms with E-state index in [-0.39, 0.29) is 11.9 Å². The first kappa shape index (κ1) is 18.7. The van der Waals surface area contributed by atoms with E-state index < -0.39 is 0 Å². The van der Waals surface area contributed by atoms with Crippen LogP contribution in [0, 0.1) is 0 Å². The van der Waals surface area contributed by atoms with Crippen LogP contribution < -0.4 is 0 Å². The maximum Gasteiger partial charge on any atom is 0.310 e. The summed E-state index contributed by atoms with van der Waals surface area (Å²) in [4.78, 5) is 23.3. The molecule has 0 rings (SSSR count). The summed E-state index contributed by atoms with van der Waals surface area (Å²) in [6.07, 6.45) is 5.17. The van der Waals surface area contributed by atoms with Crippen LogP contribution in [0.4, 0.5) is 0 Å². The number of allylic oxidation sites excluding steroid dienone is 2. The second-order valence-electron chi connectivity index (χ2n) is 4.79. The molecule has 0 radical (unpaired) electrons. The quantitative estimate of drug-likeness (QED) is 0.438. The first-order chi connectivity index (χ1) is 9.58. The van der Waals surface area contributed by atoms with Crippen molar-refractivity contribution in [1.82, 2.24) is 0 Å². The van der Waals surface area contributed by atoms with E-state index in [1.807, 2.05) is 27.7 Å². The third-order valence-electron chi connectivity index (χ3n) is 2.65. The number of ether oxygens (including phenoxy) is 2. The first-order valence-electron chi connectivity index (χ1n) is 7.72.